The van der Waals surface area contributed by atoms with E-state index in [4.69, 9.17) is 4.74 Å². The summed E-state index contributed by atoms with van der Waals surface area (Å²) >= 11 is 0. The molecule has 0 spiro atoms. The second-order valence-corrected chi connectivity index (χ2v) is 5.81. The molecule has 0 saturated carbocycles. The lowest BCUT2D eigenvalue weighted by Crippen LogP contribution is -2.46. The fourth-order valence-corrected chi connectivity index (χ4v) is 2.77. The first-order chi connectivity index (χ1) is 11.6. The number of benzene rings is 1. The molecule has 5 nitrogen and oxygen atoms in total. The van der Waals surface area contributed by atoms with Crippen LogP contribution in [0, 0.1) is 11.7 Å². The first kappa shape index (κ1) is 18.2. The highest BCUT2D eigenvalue weighted by atomic mass is 19.1. The highest BCUT2D eigenvalue weighted by molar-refractivity contribution is 5.80. The van der Waals surface area contributed by atoms with Crippen LogP contribution in [0.2, 0.25) is 0 Å². The maximum atomic E-state index is 13.0. The average Bonchev–Trinajstić information content (AvgIpc) is 2.60. The quantitative estimate of drug-likeness (QED) is 0.510. The van der Waals surface area contributed by atoms with Crippen LogP contribution < -0.4 is 5.32 Å². The Balaban J connectivity index is 1.94. The van der Waals surface area contributed by atoms with E-state index in [0.29, 0.717) is 13.2 Å². The van der Waals surface area contributed by atoms with E-state index in [9.17, 15) is 9.18 Å². The molecule has 6 heteroatoms. The zero-order chi connectivity index (χ0) is 17.4. The summed E-state index contributed by atoms with van der Waals surface area (Å²) in [7, 11) is 0. The molecule has 1 fully saturated rings. The third-order valence-electron chi connectivity index (χ3n) is 4.07. The van der Waals surface area contributed by atoms with Crippen LogP contribution in [0.3, 0.4) is 0 Å². The van der Waals surface area contributed by atoms with Gasteiger partial charge in [0.15, 0.2) is 5.96 Å². The van der Waals surface area contributed by atoms with Gasteiger partial charge in [0, 0.05) is 19.6 Å². The van der Waals surface area contributed by atoms with E-state index in [1.54, 1.807) is 12.1 Å². The third kappa shape index (κ3) is 5.22. The largest absolute Gasteiger partial charge is 0.466 e. The number of halogens is 1. The van der Waals surface area contributed by atoms with Crippen molar-refractivity contribution in [2.24, 2.45) is 10.9 Å². The molecule has 0 aromatic heterocycles. The summed E-state index contributed by atoms with van der Waals surface area (Å²) < 4.78 is 18.1. The number of carbonyl (C=O) groups is 1. The number of nitrogens with zero attached hydrogens (tertiary/aromatic N) is 2. The van der Waals surface area contributed by atoms with Gasteiger partial charge in [0.25, 0.3) is 0 Å². The zero-order valence-corrected chi connectivity index (χ0v) is 14.4. The van der Waals surface area contributed by atoms with Gasteiger partial charge >= 0.3 is 5.97 Å². The van der Waals surface area contributed by atoms with Crippen LogP contribution in [0.15, 0.2) is 29.3 Å². The first-order valence-corrected chi connectivity index (χ1v) is 8.58. The first-order valence-electron chi connectivity index (χ1n) is 8.58. The summed E-state index contributed by atoms with van der Waals surface area (Å²) in [5, 5.41) is 3.29. The fraction of sp³-hybridized carbons (Fsp3) is 0.556. The molecule has 1 N–H and O–H groups in total. The molecule has 132 valence electrons. The van der Waals surface area contributed by atoms with Crippen molar-refractivity contribution in [3.05, 3.63) is 35.6 Å². The number of ether oxygens (including phenoxy) is 1. The van der Waals surface area contributed by atoms with E-state index >= 15 is 0 Å². The van der Waals surface area contributed by atoms with Gasteiger partial charge in [0.05, 0.1) is 19.1 Å². The van der Waals surface area contributed by atoms with Gasteiger partial charge in [-0.3, -0.25) is 4.79 Å². The predicted molar refractivity (Wildman–Crippen MR) is 92.1 cm³/mol. The molecule has 1 aromatic rings. The van der Waals surface area contributed by atoms with Crippen molar-refractivity contribution >= 4 is 11.9 Å². The molecule has 1 heterocycles. The van der Waals surface area contributed by atoms with Gasteiger partial charge in [0.2, 0.25) is 0 Å². The normalized spacial score (nSPS) is 16.1. The highest BCUT2D eigenvalue weighted by Gasteiger charge is 2.27. The highest BCUT2D eigenvalue weighted by Crippen LogP contribution is 2.19. The molecule has 0 aliphatic carbocycles. The Kier molecular flexibility index (Phi) is 7.03. The third-order valence-corrected chi connectivity index (χ3v) is 4.07. The number of hydrogen-bond acceptors (Lipinski definition) is 3. The van der Waals surface area contributed by atoms with Gasteiger partial charge in [-0.1, -0.05) is 12.1 Å². The van der Waals surface area contributed by atoms with E-state index in [1.807, 2.05) is 13.8 Å². The Labute approximate surface area is 142 Å². The second kappa shape index (κ2) is 9.25. The number of rotatable bonds is 5. The van der Waals surface area contributed by atoms with E-state index in [-0.39, 0.29) is 17.7 Å². The number of aliphatic imine (C=N–C) groups is 1. The molecule has 0 amide bonds. The summed E-state index contributed by atoms with van der Waals surface area (Å²) in [5.41, 5.74) is 0.966. The van der Waals surface area contributed by atoms with Crippen LogP contribution in [0.4, 0.5) is 4.39 Å². The monoisotopic (exact) mass is 335 g/mol. The summed E-state index contributed by atoms with van der Waals surface area (Å²) in [6, 6.07) is 6.38. The van der Waals surface area contributed by atoms with Gasteiger partial charge < -0.3 is 15.0 Å². The maximum Gasteiger partial charge on any atom is 0.309 e. The Bertz CT molecular complexity index is 552. The van der Waals surface area contributed by atoms with Crippen LogP contribution in [0.25, 0.3) is 0 Å². The number of likely N-dealkylation sites (tertiary alicyclic amines) is 1. The molecule has 0 unspecified atom stereocenters. The maximum absolute atomic E-state index is 13.0. The molecule has 2 rings (SSSR count). The Hall–Kier alpha value is -2.11. The van der Waals surface area contributed by atoms with Gasteiger partial charge in [-0.2, -0.15) is 0 Å². The van der Waals surface area contributed by atoms with Crippen molar-refractivity contribution < 1.29 is 13.9 Å². The molecule has 0 bridgehead atoms. The molecule has 1 aliphatic heterocycles. The fourth-order valence-electron chi connectivity index (χ4n) is 2.77. The molecule has 1 saturated heterocycles. The standard InChI is InChI=1S/C18H26FN3O2/c1-3-20-18(21-13-14-5-7-16(19)8-6-14)22-11-9-15(10-12-22)17(23)24-4-2/h5-8,15H,3-4,9-13H2,1-2H3,(H,20,21). The van der Waals surface area contributed by atoms with Crippen molar-refractivity contribution in [2.75, 3.05) is 26.2 Å². The summed E-state index contributed by atoms with van der Waals surface area (Å²) in [5.74, 6) is 0.492. The van der Waals surface area contributed by atoms with Crippen molar-refractivity contribution in [3.63, 3.8) is 0 Å². The molecule has 1 aliphatic rings. The summed E-state index contributed by atoms with van der Waals surface area (Å²) in [6.45, 7) is 7.12. The van der Waals surface area contributed by atoms with Gasteiger partial charge in [0.1, 0.15) is 5.82 Å². The average molecular weight is 335 g/mol. The lowest BCUT2D eigenvalue weighted by molar-refractivity contribution is -0.149. The van der Waals surface area contributed by atoms with Crippen LogP contribution in [-0.2, 0) is 16.1 Å². The van der Waals surface area contributed by atoms with Crippen LogP contribution in [0.5, 0.6) is 0 Å². The summed E-state index contributed by atoms with van der Waals surface area (Å²) in [6.07, 6.45) is 1.56. The topological polar surface area (TPSA) is 53.9 Å². The minimum absolute atomic E-state index is 0.0128. The molecule has 0 radical (unpaired) electrons. The predicted octanol–water partition coefficient (Wildman–Crippen LogP) is 2.57. The van der Waals surface area contributed by atoms with Crippen molar-refractivity contribution in [1.29, 1.82) is 0 Å². The Morgan fingerprint density at radius 3 is 2.54 bits per heavy atom. The molecular weight excluding hydrogens is 309 g/mol. The number of guanidine groups is 1. The lowest BCUT2D eigenvalue weighted by Gasteiger charge is -2.33. The van der Waals surface area contributed by atoms with Crippen LogP contribution >= 0.6 is 0 Å². The molecule has 24 heavy (non-hydrogen) atoms. The van der Waals surface area contributed by atoms with E-state index < -0.39 is 0 Å². The van der Waals surface area contributed by atoms with Gasteiger partial charge in [-0.25, -0.2) is 9.38 Å². The van der Waals surface area contributed by atoms with Crippen molar-refractivity contribution in [2.45, 2.75) is 33.2 Å². The van der Waals surface area contributed by atoms with Crippen molar-refractivity contribution in [1.82, 2.24) is 10.2 Å². The smallest absolute Gasteiger partial charge is 0.309 e. The van der Waals surface area contributed by atoms with E-state index in [2.05, 4.69) is 15.2 Å². The van der Waals surface area contributed by atoms with Crippen molar-refractivity contribution in [3.8, 4) is 0 Å². The Morgan fingerprint density at radius 2 is 1.96 bits per heavy atom. The molecule has 0 atom stereocenters. The number of piperidine rings is 1. The number of hydrogen-bond donors (Lipinski definition) is 1. The lowest BCUT2D eigenvalue weighted by atomic mass is 9.97. The summed E-state index contributed by atoms with van der Waals surface area (Å²) in [4.78, 5) is 18.6. The zero-order valence-electron chi connectivity index (χ0n) is 14.4. The van der Waals surface area contributed by atoms with E-state index in [0.717, 1.165) is 44.0 Å². The SMILES string of the molecule is CCNC(=NCc1ccc(F)cc1)N1CCC(C(=O)OCC)CC1. The molecule has 1 aromatic carbocycles. The number of nitrogens with one attached hydrogen (secondary N) is 1. The Morgan fingerprint density at radius 1 is 1.29 bits per heavy atom. The number of esters is 1. The van der Waals surface area contributed by atoms with Crippen LogP contribution in [0.1, 0.15) is 32.3 Å². The minimum Gasteiger partial charge on any atom is -0.466 e. The van der Waals surface area contributed by atoms with Crippen LogP contribution in [-0.4, -0.2) is 43.1 Å². The number of carbonyl (C=O) groups excluding carboxylic acids is 1. The second-order valence-electron chi connectivity index (χ2n) is 5.81. The van der Waals surface area contributed by atoms with E-state index in [1.165, 1.54) is 12.1 Å². The van der Waals surface area contributed by atoms with Gasteiger partial charge in [-0.15, -0.1) is 0 Å². The van der Waals surface area contributed by atoms with Gasteiger partial charge in [-0.05, 0) is 44.4 Å². The minimum atomic E-state index is -0.240. The molecular formula is C18H26FN3O2.